The summed E-state index contributed by atoms with van der Waals surface area (Å²) < 4.78 is 4.85. The predicted molar refractivity (Wildman–Crippen MR) is 96.8 cm³/mol. The molecule has 5 nitrogen and oxygen atoms in total. The first-order valence-corrected chi connectivity index (χ1v) is 8.83. The van der Waals surface area contributed by atoms with Crippen LogP contribution < -0.4 is 10.6 Å². The highest BCUT2D eigenvalue weighted by molar-refractivity contribution is 7.08. The lowest BCUT2D eigenvalue weighted by atomic mass is 10.0. The summed E-state index contributed by atoms with van der Waals surface area (Å²) in [7, 11) is 0. The molecule has 1 atom stereocenters. The number of benzene rings is 1. The fraction of sp³-hybridized carbons (Fsp3) is 0.111. The normalized spacial score (nSPS) is 11.7. The van der Waals surface area contributed by atoms with Gasteiger partial charge in [-0.1, -0.05) is 23.7 Å². The molecule has 2 amide bonds. The largest absolute Gasteiger partial charge is 0.472 e. The molecule has 0 fully saturated rings. The van der Waals surface area contributed by atoms with E-state index in [9.17, 15) is 9.59 Å². The SMILES string of the molecule is O=C(CNC(=O)c1ccoc1)NC(c1ccc(Cl)cc1)c1ccsc1. The third-order valence-electron chi connectivity index (χ3n) is 3.58. The molecule has 0 spiro atoms. The van der Waals surface area contributed by atoms with Crippen molar-refractivity contribution in [1.29, 1.82) is 0 Å². The van der Waals surface area contributed by atoms with E-state index in [1.807, 2.05) is 29.0 Å². The fourth-order valence-electron chi connectivity index (χ4n) is 2.32. The maximum atomic E-state index is 12.3. The maximum absolute atomic E-state index is 12.3. The van der Waals surface area contributed by atoms with Crippen molar-refractivity contribution in [3.63, 3.8) is 0 Å². The van der Waals surface area contributed by atoms with Crippen LogP contribution in [-0.4, -0.2) is 18.4 Å². The summed E-state index contributed by atoms with van der Waals surface area (Å²) >= 11 is 7.49. The first kappa shape index (κ1) is 17.3. The molecule has 128 valence electrons. The number of thiophene rings is 1. The summed E-state index contributed by atoms with van der Waals surface area (Å²) in [4.78, 5) is 24.2. The van der Waals surface area contributed by atoms with Crippen LogP contribution in [-0.2, 0) is 4.79 Å². The third kappa shape index (κ3) is 4.49. The molecule has 3 rings (SSSR count). The molecule has 25 heavy (non-hydrogen) atoms. The van der Waals surface area contributed by atoms with Crippen molar-refractivity contribution in [3.8, 4) is 0 Å². The van der Waals surface area contributed by atoms with Crippen LogP contribution in [0, 0.1) is 0 Å². The van der Waals surface area contributed by atoms with Gasteiger partial charge in [0.1, 0.15) is 6.26 Å². The number of halogens is 1. The fourth-order valence-corrected chi connectivity index (χ4v) is 3.13. The molecule has 0 saturated heterocycles. The Kier molecular flexibility index (Phi) is 5.53. The van der Waals surface area contributed by atoms with Gasteiger partial charge < -0.3 is 15.1 Å². The molecule has 0 aliphatic rings. The minimum absolute atomic E-state index is 0.127. The average molecular weight is 375 g/mol. The number of carbonyl (C=O) groups is 2. The molecule has 1 unspecified atom stereocenters. The van der Waals surface area contributed by atoms with E-state index in [0.717, 1.165) is 11.1 Å². The van der Waals surface area contributed by atoms with Crippen molar-refractivity contribution in [3.05, 3.63) is 81.4 Å². The minimum atomic E-state index is -0.359. The lowest BCUT2D eigenvalue weighted by Crippen LogP contribution is -2.38. The third-order valence-corrected chi connectivity index (χ3v) is 4.53. The van der Waals surface area contributed by atoms with Gasteiger partial charge in [0, 0.05) is 5.02 Å². The molecule has 0 aliphatic carbocycles. The lowest BCUT2D eigenvalue weighted by Gasteiger charge is -2.19. The zero-order valence-corrected chi connectivity index (χ0v) is 14.6. The standard InChI is InChI=1S/C18H15ClN2O3S/c19-15-3-1-12(2-4-15)17(14-6-8-25-11-14)21-16(22)9-20-18(23)13-5-7-24-10-13/h1-8,10-11,17H,9H2,(H,20,23)(H,21,22). The second kappa shape index (κ2) is 8.00. The van der Waals surface area contributed by atoms with Crippen LogP contribution >= 0.6 is 22.9 Å². The highest BCUT2D eigenvalue weighted by Gasteiger charge is 2.18. The smallest absolute Gasteiger partial charge is 0.254 e. The highest BCUT2D eigenvalue weighted by atomic mass is 35.5. The van der Waals surface area contributed by atoms with E-state index in [0.29, 0.717) is 10.6 Å². The molecule has 2 aromatic heterocycles. The summed E-state index contributed by atoms with van der Waals surface area (Å²) in [5.74, 6) is -0.648. The van der Waals surface area contributed by atoms with Crippen LogP contribution in [0.2, 0.25) is 5.02 Å². The van der Waals surface area contributed by atoms with Gasteiger partial charge in [-0.15, -0.1) is 0 Å². The molecule has 0 bridgehead atoms. The van der Waals surface area contributed by atoms with Crippen molar-refractivity contribution in [2.45, 2.75) is 6.04 Å². The minimum Gasteiger partial charge on any atom is -0.472 e. The van der Waals surface area contributed by atoms with Crippen LogP contribution in [0.25, 0.3) is 0 Å². The number of nitrogens with one attached hydrogen (secondary N) is 2. The Bertz CT molecular complexity index is 830. The van der Waals surface area contributed by atoms with Gasteiger partial charge in [0.15, 0.2) is 0 Å². The second-order valence-electron chi connectivity index (χ2n) is 5.30. The molecule has 2 heterocycles. The Labute approximate surface area is 153 Å². The Hall–Kier alpha value is -2.57. The first-order chi connectivity index (χ1) is 12.1. The number of rotatable bonds is 6. The van der Waals surface area contributed by atoms with E-state index in [1.165, 1.54) is 18.6 Å². The zero-order valence-electron chi connectivity index (χ0n) is 13.1. The summed E-state index contributed by atoms with van der Waals surface area (Å²) in [5, 5.41) is 10.1. The maximum Gasteiger partial charge on any atom is 0.254 e. The van der Waals surface area contributed by atoms with E-state index in [2.05, 4.69) is 10.6 Å². The second-order valence-corrected chi connectivity index (χ2v) is 6.52. The molecular formula is C18H15ClN2O3S. The van der Waals surface area contributed by atoms with Gasteiger partial charge >= 0.3 is 0 Å². The molecule has 1 aromatic carbocycles. The van der Waals surface area contributed by atoms with Crippen molar-refractivity contribution < 1.29 is 14.0 Å². The predicted octanol–water partition coefficient (Wildman–Crippen LogP) is 3.63. The van der Waals surface area contributed by atoms with Crippen molar-refractivity contribution in [1.82, 2.24) is 10.6 Å². The number of amides is 2. The van der Waals surface area contributed by atoms with Gasteiger partial charge in [-0.05, 0) is 46.2 Å². The van der Waals surface area contributed by atoms with Crippen molar-refractivity contribution in [2.24, 2.45) is 0 Å². The summed E-state index contributed by atoms with van der Waals surface area (Å²) in [6, 6.07) is 10.5. The Morgan fingerprint density at radius 1 is 1.12 bits per heavy atom. The van der Waals surface area contributed by atoms with E-state index in [4.69, 9.17) is 16.0 Å². The molecular weight excluding hydrogens is 360 g/mol. The quantitative estimate of drug-likeness (QED) is 0.692. The molecule has 2 N–H and O–H groups in total. The van der Waals surface area contributed by atoms with Crippen LogP contribution in [0.15, 0.2) is 64.1 Å². The Morgan fingerprint density at radius 3 is 2.56 bits per heavy atom. The van der Waals surface area contributed by atoms with Crippen molar-refractivity contribution >= 4 is 34.8 Å². The highest BCUT2D eigenvalue weighted by Crippen LogP contribution is 2.25. The van der Waals surface area contributed by atoms with E-state index in [1.54, 1.807) is 23.5 Å². The average Bonchev–Trinajstić information content (AvgIpc) is 3.31. The van der Waals surface area contributed by atoms with E-state index in [-0.39, 0.29) is 24.4 Å². The van der Waals surface area contributed by atoms with Gasteiger partial charge in [-0.2, -0.15) is 11.3 Å². The Balaban J connectivity index is 1.67. The lowest BCUT2D eigenvalue weighted by molar-refractivity contribution is -0.120. The number of hydrogen-bond acceptors (Lipinski definition) is 4. The summed E-state index contributed by atoms with van der Waals surface area (Å²) in [5.41, 5.74) is 2.26. The van der Waals surface area contributed by atoms with Gasteiger partial charge in [-0.3, -0.25) is 9.59 Å². The van der Waals surface area contributed by atoms with Gasteiger partial charge in [-0.25, -0.2) is 0 Å². The topological polar surface area (TPSA) is 71.3 Å². The molecule has 7 heteroatoms. The molecule has 0 saturated carbocycles. The summed E-state index contributed by atoms with van der Waals surface area (Å²) in [6.07, 6.45) is 2.73. The number of furan rings is 1. The monoisotopic (exact) mass is 374 g/mol. The van der Waals surface area contributed by atoms with Crippen LogP contribution in [0.3, 0.4) is 0 Å². The number of hydrogen-bond donors (Lipinski definition) is 2. The summed E-state index contributed by atoms with van der Waals surface area (Å²) in [6.45, 7) is -0.127. The van der Waals surface area contributed by atoms with Crippen molar-refractivity contribution in [2.75, 3.05) is 6.54 Å². The van der Waals surface area contributed by atoms with Gasteiger partial charge in [0.05, 0.1) is 24.4 Å². The first-order valence-electron chi connectivity index (χ1n) is 7.51. The van der Waals surface area contributed by atoms with E-state index < -0.39 is 0 Å². The van der Waals surface area contributed by atoms with Crippen LogP contribution in [0.1, 0.15) is 27.5 Å². The van der Waals surface area contributed by atoms with Gasteiger partial charge in [0.25, 0.3) is 5.91 Å². The molecule has 0 aliphatic heterocycles. The van der Waals surface area contributed by atoms with Crippen LogP contribution in [0.5, 0.6) is 0 Å². The molecule has 3 aromatic rings. The van der Waals surface area contributed by atoms with E-state index >= 15 is 0 Å². The zero-order chi connectivity index (χ0) is 17.6. The Morgan fingerprint density at radius 2 is 1.92 bits per heavy atom. The molecule has 0 radical (unpaired) electrons. The number of carbonyl (C=O) groups excluding carboxylic acids is 2. The van der Waals surface area contributed by atoms with Gasteiger partial charge in [0.2, 0.25) is 5.91 Å². The van der Waals surface area contributed by atoms with Crippen LogP contribution in [0.4, 0.5) is 0 Å².